The summed E-state index contributed by atoms with van der Waals surface area (Å²) in [6.07, 6.45) is 2.13. The number of hydrogen-bond donors (Lipinski definition) is 0. The standard InChI is InChI=1S/C10H21IOSi/c1-7-9(8-11)12-13(5,6)10(2,3)4/h7,9H,1,8H2,2-6H3. The second kappa shape index (κ2) is 4.93. The lowest BCUT2D eigenvalue weighted by atomic mass is 10.2. The van der Waals surface area contributed by atoms with Gasteiger partial charge in [-0.1, -0.05) is 49.4 Å². The molecule has 0 aliphatic carbocycles. The zero-order valence-electron chi connectivity index (χ0n) is 9.36. The minimum atomic E-state index is -1.59. The van der Waals surface area contributed by atoms with Crippen molar-refractivity contribution < 1.29 is 4.43 Å². The molecular formula is C10H21IOSi. The monoisotopic (exact) mass is 312 g/mol. The molecule has 0 saturated carbocycles. The highest BCUT2D eigenvalue weighted by atomic mass is 127. The van der Waals surface area contributed by atoms with Gasteiger partial charge >= 0.3 is 0 Å². The van der Waals surface area contributed by atoms with E-state index >= 15 is 0 Å². The van der Waals surface area contributed by atoms with Gasteiger partial charge in [-0.3, -0.25) is 0 Å². The van der Waals surface area contributed by atoms with Crippen LogP contribution in [0.4, 0.5) is 0 Å². The van der Waals surface area contributed by atoms with Crippen LogP contribution >= 0.6 is 22.6 Å². The van der Waals surface area contributed by atoms with Crippen LogP contribution in [0.25, 0.3) is 0 Å². The second-order valence-electron chi connectivity index (χ2n) is 4.81. The summed E-state index contributed by atoms with van der Waals surface area (Å²) in [5.74, 6) is 0. The quantitative estimate of drug-likeness (QED) is 0.330. The van der Waals surface area contributed by atoms with E-state index in [0.29, 0.717) is 5.04 Å². The summed E-state index contributed by atoms with van der Waals surface area (Å²) in [5.41, 5.74) is 0. The Morgan fingerprint density at radius 2 is 1.92 bits per heavy atom. The minimum absolute atomic E-state index is 0.224. The van der Waals surface area contributed by atoms with Gasteiger partial charge in [0.15, 0.2) is 8.32 Å². The first-order valence-electron chi connectivity index (χ1n) is 4.61. The molecule has 0 aromatic carbocycles. The highest BCUT2D eigenvalue weighted by molar-refractivity contribution is 14.1. The van der Waals surface area contributed by atoms with Crippen molar-refractivity contribution in [2.24, 2.45) is 0 Å². The Morgan fingerprint density at radius 3 is 2.15 bits per heavy atom. The molecular weight excluding hydrogens is 291 g/mol. The molecule has 0 spiro atoms. The summed E-state index contributed by atoms with van der Waals surface area (Å²) in [6, 6.07) is 0. The van der Waals surface area contributed by atoms with Crippen molar-refractivity contribution in [2.45, 2.75) is 45.0 Å². The zero-order chi connectivity index (χ0) is 10.7. The smallest absolute Gasteiger partial charge is 0.192 e. The fourth-order valence-corrected chi connectivity index (χ4v) is 2.87. The average Bonchev–Trinajstić information content (AvgIpc) is 1.98. The van der Waals surface area contributed by atoms with Gasteiger partial charge in [0.25, 0.3) is 0 Å². The summed E-state index contributed by atoms with van der Waals surface area (Å²) < 4.78 is 7.11. The number of rotatable bonds is 4. The Kier molecular flexibility index (Phi) is 5.18. The molecule has 1 unspecified atom stereocenters. The molecule has 0 fully saturated rings. The molecule has 0 saturated heterocycles. The molecule has 1 atom stereocenters. The molecule has 0 N–H and O–H groups in total. The molecule has 0 heterocycles. The molecule has 0 bridgehead atoms. The summed E-state index contributed by atoms with van der Waals surface area (Å²) in [6.45, 7) is 15.1. The van der Waals surface area contributed by atoms with Gasteiger partial charge in [0.1, 0.15) is 0 Å². The summed E-state index contributed by atoms with van der Waals surface area (Å²) in [5, 5.41) is 0.292. The van der Waals surface area contributed by atoms with E-state index < -0.39 is 8.32 Å². The molecule has 0 aliphatic heterocycles. The van der Waals surface area contributed by atoms with Crippen LogP contribution < -0.4 is 0 Å². The highest BCUT2D eigenvalue weighted by Gasteiger charge is 2.38. The van der Waals surface area contributed by atoms with Crippen LogP contribution in [0.5, 0.6) is 0 Å². The topological polar surface area (TPSA) is 9.23 Å². The van der Waals surface area contributed by atoms with Gasteiger partial charge in [0.2, 0.25) is 0 Å². The van der Waals surface area contributed by atoms with Crippen LogP contribution in [0, 0.1) is 0 Å². The van der Waals surface area contributed by atoms with Crippen LogP contribution in [-0.2, 0) is 4.43 Å². The lowest BCUT2D eigenvalue weighted by Gasteiger charge is -2.38. The van der Waals surface area contributed by atoms with E-state index in [-0.39, 0.29) is 6.10 Å². The van der Waals surface area contributed by atoms with Crippen LogP contribution in [0.15, 0.2) is 12.7 Å². The van der Waals surface area contributed by atoms with Crippen molar-refractivity contribution in [3.8, 4) is 0 Å². The Morgan fingerprint density at radius 1 is 1.46 bits per heavy atom. The van der Waals surface area contributed by atoms with E-state index in [0.717, 1.165) is 4.43 Å². The lowest BCUT2D eigenvalue weighted by Crippen LogP contribution is -2.43. The normalized spacial score (nSPS) is 15.5. The number of hydrogen-bond acceptors (Lipinski definition) is 1. The third-order valence-electron chi connectivity index (χ3n) is 2.67. The van der Waals surface area contributed by atoms with Crippen molar-refractivity contribution in [1.82, 2.24) is 0 Å². The SMILES string of the molecule is C=CC(CI)O[Si](C)(C)C(C)(C)C. The van der Waals surface area contributed by atoms with E-state index in [1.54, 1.807) is 0 Å². The van der Waals surface area contributed by atoms with E-state index in [1.165, 1.54) is 0 Å². The maximum absolute atomic E-state index is 6.11. The van der Waals surface area contributed by atoms with Gasteiger partial charge in [-0.05, 0) is 18.1 Å². The van der Waals surface area contributed by atoms with Crippen molar-refractivity contribution in [2.75, 3.05) is 4.43 Å². The van der Waals surface area contributed by atoms with Gasteiger partial charge in [0.05, 0.1) is 6.10 Å². The fraction of sp³-hybridized carbons (Fsp3) is 0.800. The van der Waals surface area contributed by atoms with Gasteiger partial charge in [-0.2, -0.15) is 0 Å². The summed E-state index contributed by atoms with van der Waals surface area (Å²) in [7, 11) is -1.59. The van der Waals surface area contributed by atoms with Crippen molar-refractivity contribution in [3.63, 3.8) is 0 Å². The van der Waals surface area contributed by atoms with Crippen LogP contribution in [-0.4, -0.2) is 18.8 Å². The molecule has 13 heavy (non-hydrogen) atoms. The third kappa shape index (κ3) is 4.12. The first kappa shape index (κ1) is 13.6. The number of halogens is 1. The summed E-state index contributed by atoms with van der Waals surface area (Å²) in [4.78, 5) is 0. The van der Waals surface area contributed by atoms with E-state index in [4.69, 9.17) is 4.43 Å². The van der Waals surface area contributed by atoms with Crippen molar-refractivity contribution in [1.29, 1.82) is 0 Å². The second-order valence-corrected chi connectivity index (χ2v) is 10.4. The molecule has 0 aromatic heterocycles. The van der Waals surface area contributed by atoms with Gasteiger partial charge in [-0.25, -0.2) is 0 Å². The average molecular weight is 312 g/mol. The molecule has 0 amide bonds. The molecule has 1 nitrogen and oxygen atoms in total. The maximum atomic E-state index is 6.11. The van der Waals surface area contributed by atoms with Crippen molar-refractivity contribution >= 4 is 30.9 Å². The van der Waals surface area contributed by atoms with E-state index in [2.05, 4.69) is 63.0 Å². The zero-order valence-corrected chi connectivity index (χ0v) is 12.5. The summed E-state index contributed by atoms with van der Waals surface area (Å²) >= 11 is 2.34. The molecule has 0 rings (SSSR count). The lowest BCUT2D eigenvalue weighted by molar-refractivity contribution is 0.250. The molecule has 0 aromatic rings. The molecule has 0 aliphatic rings. The molecule has 0 radical (unpaired) electrons. The predicted molar refractivity (Wildman–Crippen MR) is 71.2 cm³/mol. The Balaban J connectivity index is 4.40. The Bertz CT molecular complexity index is 172. The van der Waals surface area contributed by atoms with Gasteiger partial charge in [-0.15, -0.1) is 6.58 Å². The first-order chi connectivity index (χ1) is 5.74. The first-order valence-corrected chi connectivity index (χ1v) is 9.04. The molecule has 78 valence electrons. The predicted octanol–water partition coefficient (Wildman–Crippen LogP) is 4.00. The Hall–Kier alpha value is 0.647. The van der Waals surface area contributed by atoms with Gasteiger partial charge in [0, 0.05) is 4.43 Å². The van der Waals surface area contributed by atoms with Crippen molar-refractivity contribution in [3.05, 3.63) is 12.7 Å². The van der Waals surface area contributed by atoms with Crippen LogP contribution in [0.1, 0.15) is 20.8 Å². The molecule has 3 heteroatoms. The third-order valence-corrected chi connectivity index (χ3v) is 8.04. The van der Waals surface area contributed by atoms with E-state index in [1.807, 2.05) is 6.08 Å². The minimum Gasteiger partial charge on any atom is -0.410 e. The number of alkyl halides is 1. The van der Waals surface area contributed by atoms with Crippen LogP contribution in [0.3, 0.4) is 0 Å². The maximum Gasteiger partial charge on any atom is 0.192 e. The largest absolute Gasteiger partial charge is 0.410 e. The highest BCUT2D eigenvalue weighted by Crippen LogP contribution is 2.37. The fourth-order valence-electron chi connectivity index (χ4n) is 0.698. The van der Waals surface area contributed by atoms with Crippen LogP contribution in [0.2, 0.25) is 18.1 Å². The Labute approximate surface area is 97.2 Å². The van der Waals surface area contributed by atoms with Gasteiger partial charge < -0.3 is 4.43 Å². The van der Waals surface area contributed by atoms with E-state index in [9.17, 15) is 0 Å².